The highest BCUT2D eigenvalue weighted by Crippen LogP contribution is 2.20. The van der Waals surface area contributed by atoms with E-state index in [0.717, 1.165) is 40.6 Å². The number of hydrogen-bond acceptors (Lipinski definition) is 5. The zero-order chi connectivity index (χ0) is 26.3. The van der Waals surface area contributed by atoms with E-state index in [1.165, 1.54) is 5.56 Å². The molecule has 7 heteroatoms. The van der Waals surface area contributed by atoms with Gasteiger partial charge in [-0.2, -0.15) is 0 Å². The number of nitrogens with one attached hydrogen (secondary N) is 1. The molecule has 0 aliphatic rings. The third-order valence-electron chi connectivity index (χ3n) is 6.79. The number of benzene rings is 2. The Morgan fingerprint density at radius 3 is 2.58 bits per heavy atom. The first-order valence-corrected chi connectivity index (χ1v) is 13.0. The molecule has 0 aliphatic carbocycles. The van der Waals surface area contributed by atoms with Crippen LogP contribution in [0.2, 0.25) is 0 Å². The number of carbonyl (C=O) groups excluding carboxylic acids is 1. The summed E-state index contributed by atoms with van der Waals surface area (Å²) in [4.78, 5) is 38.8. The molecule has 38 heavy (non-hydrogen) atoms. The van der Waals surface area contributed by atoms with Crippen LogP contribution in [0.15, 0.2) is 90.1 Å². The van der Waals surface area contributed by atoms with Crippen LogP contribution in [0.25, 0.3) is 22.2 Å². The summed E-state index contributed by atoms with van der Waals surface area (Å²) in [5.74, 6) is -0.0125. The van der Waals surface area contributed by atoms with E-state index in [0.29, 0.717) is 37.2 Å². The molecule has 192 valence electrons. The van der Waals surface area contributed by atoms with Crippen molar-refractivity contribution in [3.8, 4) is 11.3 Å². The third-order valence-corrected chi connectivity index (χ3v) is 6.79. The fourth-order valence-electron chi connectivity index (χ4n) is 4.75. The van der Waals surface area contributed by atoms with Gasteiger partial charge in [0.1, 0.15) is 5.69 Å². The first kappa shape index (κ1) is 25.3. The maximum Gasteiger partial charge on any atom is 0.273 e. The van der Waals surface area contributed by atoms with Crippen LogP contribution < -0.4 is 11.3 Å². The molecule has 0 bridgehead atoms. The Balaban J connectivity index is 1.37. The van der Waals surface area contributed by atoms with Crippen molar-refractivity contribution in [2.24, 2.45) is 5.73 Å². The number of aromatic nitrogens is 4. The molecule has 5 rings (SSSR count). The lowest BCUT2D eigenvalue weighted by Gasteiger charge is -2.15. The highest BCUT2D eigenvalue weighted by Gasteiger charge is 2.16. The monoisotopic (exact) mass is 505 g/mol. The van der Waals surface area contributed by atoms with Crippen LogP contribution in [0.1, 0.15) is 35.4 Å². The second-order valence-electron chi connectivity index (χ2n) is 9.52. The number of Topliss-reactive ketones (excluding diaryl/α,β-unsaturated/α-hetero) is 1. The van der Waals surface area contributed by atoms with Gasteiger partial charge in [0.05, 0.1) is 18.4 Å². The van der Waals surface area contributed by atoms with Gasteiger partial charge in [-0.1, -0.05) is 48.5 Å². The molecule has 0 aliphatic heterocycles. The minimum absolute atomic E-state index is 0.00297. The normalized spacial score (nSPS) is 11.2. The molecule has 0 unspecified atom stereocenters. The van der Waals surface area contributed by atoms with E-state index in [4.69, 9.17) is 5.73 Å². The first-order valence-electron chi connectivity index (χ1n) is 13.0. The fourth-order valence-corrected chi connectivity index (χ4v) is 4.75. The molecule has 0 saturated carbocycles. The summed E-state index contributed by atoms with van der Waals surface area (Å²) < 4.78 is 1.58. The van der Waals surface area contributed by atoms with Gasteiger partial charge in [0.15, 0.2) is 5.78 Å². The lowest BCUT2D eigenvalue weighted by atomic mass is 10.1. The Hall–Kier alpha value is -4.36. The van der Waals surface area contributed by atoms with Gasteiger partial charge < -0.3 is 10.7 Å². The van der Waals surface area contributed by atoms with Crippen LogP contribution >= 0.6 is 0 Å². The largest absolute Gasteiger partial charge is 0.358 e. The summed E-state index contributed by atoms with van der Waals surface area (Å²) in [6, 6.07) is 21.9. The van der Waals surface area contributed by atoms with Crippen molar-refractivity contribution in [2.75, 3.05) is 0 Å². The lowest BCUT2D eigenvalue weighted by molar-refractivity contribution is -0.119. The van der Waals surface area contributed by atoms with Crippen molar-refractivity contribution in [1.82, 2.24) is 19.5 Å². The molecule has 0 amide bonds. The topological polar surface area (TPSA) is 107 Å². The van der Waals surface area contributed by atoms with E-state index in [1.807, 2.05) is 54.6 Å². The quantitative estimate of drug-likeness (QED) is 0.272. The molecule has 0 fully saturated rings. The molecular weight excluding hydrogens is 474 g/mol. The smallest absolute Gasteiger partial charge is 0.273 e. The SMILES string of the molecule is NCc1cccc(-c2cnc(CCCc3ccccc3)c(=O)n2CC(=O)CCc2cc3cnccc3[nH]2)c1. The van der Waals surface area contributed by atoms with Gasteiger partial charge in [0.2, 0.25) is 0 Å². The van der Waals surface area contributed by atoms with Crippen molar-refractivity contribution < 1.29 is 4.79 Å². The van der Waals surface area contributed by atoms with E-state index in [9.17, 15) is 9.59 Å². The van der Waals surface area contributed by atoms with E-state index >= 15 is 0 Å². The molecule has 0 atom stereocenters. The van der Waals surface area contributed by atoms with E-state index in [-0.39, 0.29) is 17.9 Å². The predicted molar refractivity (Wildman–Crippen MR) is 150 cm³/mol. The number of hydrogen-bond donors (Lipinski definition) is 2. The first-order chi connectivity index (χ1) is 18.6. The summed E-state index contributed by atoms with van der Waals surface area (Å²) in [5, 5.41) is 1.02. The third kappa shape index (κ3) is 5.95. The van der Waals surface area contributed by atoms with Crippen molar-refractivity contribution in [3.05, 3.63) is 118 Å². The fraction of sp³-hybridized carbons (Fsp3) is 0.226. The number of rotatable bonds is 11. The molecular formula is C31H31N5O2. The molecule has 2 aromatic carbocycles. The number of nitrogens with two attached hydrogens (primary N) is 1. The van der Waals surface area contributed by atoms with Crippen molar-refractivity contribution in [1.29, 1.82) is 0 Å². The van der Waals surface area contributed by atoms with Gasteiger partial charge in [-0.25, -0.2) is 0 Å². The highest BCUT2D eigenvalue weighted by atomic mass is 16.1. The molecule has 3 aromatic heterocycles. The lowest BCUT2D eigenvalue weighted by Crippen LogP contribution is -2.30. The van der Waals surface area contributed by atoms with Gasteiger partial charge in [0.25, 0.3) is 5.56 Å². The predicted octanol–water partition coefficient (Wildman–Crippen LogP) is 4.62. The molecule has 0 saturated heterocycles. The average Bonchev–Trinajstić information content (AvgIpc) is 3.38. The number of nitrogens with zero attached hydrogens (tertiary/aromatic N) is 3. The van der Waals surface area contributed by atoms with Crippen molar-refractivity contribution in [2.45, 2.75) is 45.2 Å². The summed E-state index contributed by atoms with van der Waals surface area (Å²) in [6.45, 7) is 0.388. The summed E-state index contributed by atoms with van der Waals surface area (Å²) in [6.07, 6.45) is 8.35. The van der Waals surface area contributed by atoms with Gasteiger partial charge in [0, 0.05) is 47.5 Å². The number of pyridine rings is 1. The van der Waals surface area contributed by atoms with Crippen LogP contribution in [0.4, 0.5) is 0 Å². The van der Waals surface area contributed by atoms with Crippen LogP contribution in [-0.4, -0.2) is 25.3 Å². The zero-order valence-electron chi connectivity index (χ0n) is 21.3. The van der Waals surface area contributed by atoms with E-state index in [2.05, 4.69) is 27.1 Å². The number of aryl methyl sites for hydroxylation is 3. The van der Waals surface area contributed by atoms with Crippen LogP contribution in [0.3, 0.4) is 0 Å². The van der Waals surface area contributed by atoms with Crippen LogP contribution in [0.5, 0.6) is 0 Å². The molecule has 7 nitrogen and oxygen atoms in total. The van der Waals surface area contributed by atoms with Gasteiger partial charge >= 0.3 is 0 Å². The van der Waals surface area contributed by atoms with Crippen molar-refractivity contribution >= 4 is 16.7 Å². The zero-order valence-corrected chi connectivity index (χ0v) is 21.3. The van der Waals surface area contributed by atoms with E-state index < -0.39 is 0 Å². The maximum absolute atomic E-state index is 13.6. The number of carbonyl (C=O) groups is 1. The van der Waals surface area contributed by atoms with Crippen LogP contribution in [-0.2, 0) is 37.1 Å². The standard InChI is InChI=1S/C31H31N5O2/c32-18-23-9-4-10-24(16-23)30-20-34-29(11-5-8-22-6-2-1-3-7-22)31(38)36(30)21-27(37)13-12-26-17-25-19-33-15-14-28(25)35-26/h1-4,6-7,9-10,14-17,19-20,35H,5,8,11-13,18,21,32H2. The van der Waals surface area contributed by atoms with Gasteiger partial charge in [-0.3, -0.25) is 24.1 Å². The molecule has 0 radical (unpaired) electrons. The summed E-state index contributed by atoms with van der Waals surface area (Å²) >= 11 is 0. The van der Waals surface area contributed by atoms with Gasteiger partial charge in [-0.05, 0) is 55.0 Å². The van der Waals surface area contributed by atoms with Crippen LogP contribution in [0, 0.1) is 0 Å². The molecule has 3 heterocycles. The van der Waals surface area contributed by atoms with Crippen molar-refractivity contribution in [3.63, 3.8) is 0 Å². The Labute approximate surface area is 221 Å². The number of aromatic amines is 1. The molecule has 5 aromatic rings. The minimum Gasteiger partial charge on any atom is -0.358 e. The number of H-pyrrole nitrogens is 1. The Morgan fingerprint density at radius 2 is 1.76 bits per heavy atom. The van der Waals surface area contributed by atoms with Gasteiger partial charge in [-0.15, -0.1) is 0 Å². The molecule has 0 spiro atoms. The molecule has 3 N–H and O–H groups in total. The summed E-state index contributed by atoms with van der Waals surface area (Å²) in [5.41, 5.74) is 11.7. The Bertz CT molecular complexity index is 1570. The Kier molecular flexibility index (Phi) is 7.85. The second kappa shape index (κ2) is 11.8. The highest BCUT2D eigenvalue weighted by molar-refractivity contribution is 5.81. The number of ketones is 1. The second-order valence-corrected chi connectivity index (χ2v) is 9.52. The summed E-state index contributed by atoms with van der Waals surface area (Å²) in [7, 11) is 0. The average molecular weight is 506 g/mol. The van der Waals surface area contributed by atoms with E-state index in [1.54, 1.807) is 23.2 Å². The maximum atomic E-state index is 13.6. The minimum atomic E-state index is -0.209. The Morgan fingerprint density at radius 1 is 0.921 bits per heavy atom. The number of fused-ring (bicyclic) bond motifs is 1.